The molecule has 0 aromatic carbocycles. The molecule has 0 unspecified atom stereocenters. The number of nitrogens with one attached hydrogen (secondary N) is 1. The van der Waals surface area contributed by atoms with Crippen LogP contribution in [-0.2, 0) is 10.0 Å². The first-order valence-corrected chi connectivity index (χ1v) is 9.20. The molecule has 6 nitrogen and oxygen atoms in total. The van der Waals surface area contributed by atoms with Crippen molar-refractivity contribution in [3.63, 3.8) is 0 Å². The summed E-state index contributed by atoms with van der Waals surface area (Å²) < 4.78 is 28.0. The van der Waals surface area contributed by atoms with E-state index in [-0.39, 0.29) is 17.5 Å². The van der Waals surface area contributed by atoms with Gasteiger partial charge in [0.25, 0.3) is 0 Å². The number of hydrogen-bond donors (Lipinski definition) is 2. The van der Waals surface area contributed by atoms with Crippen LogP contribution in [0.15, 0.2) is 21.6 Å². The van der Waals surface area contributed by atoms with Gasteiger partial charge in [-0.05, 0) is 41.3 Å². The predicted molar refractivity (Wildman–Crippen MR) is 84.7 cm³/mol. The predicted octanol–water partition coefficient (Wildman–Crippen LogP) is 1.81. The van der Waals surface area contributed by atoms with Crippen molar-refractivity contribution in [3.05, 3.63) is 16.7 Å². The molecule has 0 amide bonds. The number of aromatic nitrogens is 1. The third-order valence-corrected chi connectivity index (χ3v) is 6.06. The zero-order valence-electron chi connectivity index (χ0n) is 11.9. The number of halogens is 1. The average molecular weight is 378 g/mol. The molecule has 1 heterocycles. The van der Waals surface area contributed by atoms with Gasteiger partial charge in [0.15, 0.2) is 0 Å². The van der Waals surface area contributed by atoms with E-state index in [1.165, 1.54) is 4.31 Å². The number of rotatable bonds is 7. The second kappa shape index (κ2) is 7.04. The fraction of sp³-hybridized carbons (Fsp3) is 0.615. The van der Waals surface area contributed by atoms with Gasteiger partial charge in [0, 0.05) is 36.9 Å². The van der Waals surface area contributed by atoms with Crippen molar-refractivity contribution in [1.29, 1.82) is 0 Å². The molecule has 1 fully saturated rings. The summed E-state index contributed by atoms with van der Waals surface area (Å²) in [5.41, 5.74) is 0. The number of aliphatic hydroxyl groups excluding tert-OH is 1. The highest BCUT2D eigenvalue weighted by molar-refractivity contribution is 9.10. The van der Waals surface area contributed by atoms with E-state index in [0.717, 1.165) is 19.3 Å². The third kappa shape index (κ3) is 3.56. The molecular weight excluding hydrogens is 358 g/mol. The molecule has 0 bridgehead atoms. The first-order valence-electron chi connectivity index (χ1n) is 6.96. The van der Waals surface area contributed by atoms with Crippen molar-refractivity contribution in [2.75, 3.05) is 25.5 Å². The molecule has 1 aliphatic rings. The Bertz CT molecular complexity index is 590. The van der Waals surface area contributed by atoms with Crippen LogP contribution in [0.1, 0.15) is 25.7 Å². The molecule has 0 radical (unpaired) electrons. The van der Waals surface area contributed by atoms with Crippen molar-refractivity contribution in [2.24, 2.45) is 0 Å². The highest BCUT2D eigenvalue weighted by atomic mass is 79.9. The largest absolute Gasteiger partial charge is 0.396 e. The van der Waals surface area contributed by atoms with Gasteiger partial charge in [-0.1, -0.05) is 6.42 Å². The maximum Gasteiger partial charge on any atom is 0.247 e. The van der Waals surface area contributed by atoms with Crippen LogP contribution in [0, 0.1) is 0 Å². The second-order valence-electron chi connectivity index (χ2n) is 5.03. The Morgan fingerprint density at radius 3 is 2.76 bits per heavy atom. The van der Waals surface area contributed by atoms with Crippen molar-refractivity contribution in [1.82, 2.24) is 9.29 Å². The van der Waals surface area contributed by atoms with Gasteiger partial charge in [-0.25, -0.2) is 13.4 Å². The average Bonchev–Trinajstić information content (AvgIpc) is 2.41. The number of nitrogens with zero attached hydrogens (tertiary/aromatic N) is 2. The monoisotopic (exact) mass is 377 g/mol. The maximum absolute atomic E-state index is 12.9. The minimum atomic E-state index is -3.63. The molecule has 2 N–H and O–H groups in total. The summed E-state index contributed by atoms with van der Waals surface area (Å²) in [6, 6.07) is 1.60. The van der Waals surface area contributed by atoms with E-state index in [9.17, 15) is 8.42 Å². The minimum absolute atomic E-state index is 0.0195. The number of anilines is 1. The summed E-state index contributed by atoms with van der Waals surface area (Å²) in [7, 11) is -1.98. The van der Waals surface area contributed by atoms with Crippen LogP contribution >= 0.6 is 15.9 Å². The number of pyridine rings is 1. The molecule has 1 saturated carbocycles. The van der Waals surface area contributed by atoms with Gasteiger partial charge in [0.2, 0.25) is 10.0 Å². The lowest BCUT2D eigenvalue weighted by Gasteiger charge is -2.36. The van der Waals surface area contributed by atoms with Crippen molar-refractivity contribution < 1.29 is 13.5 Å². The van der Waals surface area contributed by atoms with Gasteiger partial charge in [-0.3, -0.25) is 0 Å². The van der Waals surface area contributed by atoms with E-state index in [1.54, 1.807) is 19.3 Å². The zero-order chi connectivity index (χ0) is 15.5. The summed E-state index contributed by atoms with van der Waals surface area (Å²) in [5.74, 6) is 0.339. The first-order chi connectivity index (χ1) is 10.0. The van der Waals surface area contributed by atoms with Gasteiger partial charge < -0.3 is 10.4 Å². The number of sulfonamides is 1. The Labute approximate surface area is 133 Å². The van der Waals surface area contributed by atoms with E-state index in [2.05, 4.69) is 26.2 Å². The van der Waals surface area contributed by atoms with Crippen LogP contribution in [-0.4, -0.2) is 49.1 Å². The van der Waals surface area contributed by atoms with Crippen LogP contribution in [0.4, 0.5) is 5.82 Å². The molecule has 8 heteroatoms. The second-order valence-corrected chi connectivity index (χ2v) is 7.80. The number of aliphatic hydroxyl groups is 1. The van der Waals surface area contributed by atoms with E-state index >= 15 is 0 Å². The molecular formula is C13H20BrN3O3S. The molecule has 2 rings (SSSR count). The van der Waals surface area contributed by atoms with Crippen LogP contribution < -0.4 is 5.32 Å². The summed E-state index contributed by atoms with van der Waals surface area (Å²) in [6.45, 7) is 0.313. The smallest absolute Gasteiger partial charge is 0.247 e. The highest BCUT2D eigenvalue weighted by Gasteiger charge is 2.36. The number of hydrogen-bond acceptors (Lipinski definition) is 5. The van der Waals surface area contributed by atoms with E-state index < -0.39 is 10.0 Å². The molecule has 118 valence electrons. The van der Waals surface area contributed by atoms with Crippen LogP contribution in [0.5, 0.6) is 0 Å². The molecule has 21 heavy (non-hydrogen) atoms. The summed E-state index contributed by atoms with van der Waals surface area (Å²) in [6.07, 6.45) is 4.80. The molecule has 1 aliphatic carbocycles. The highest BCUT2D eigenvalue weighted by Crippen LogP contribution is 2.33. The SMILES string of the molecule is CNc1ncc(Br)cc1S(=O)(=O)N(CCCO)C1CCC1. The lowest BCUT2D eigenvalue weighted by atomic mass is 9.93. The zero-order valence-corrected chi connectivity index (χ0v) is 14.3. The Kier molecular flexibility index (Phi) is 5.59. The minimum Gasteiger partial charge on any atom is -0.396 e. The van der Waals surface area contributed by atoms with Gasteiger partial charge >= 0.3 is 0 Å². The Morgan fingerprint density at radius 1 is 1.52 bits per heavy atom. The summed E-state index contributed by atoms with van der Waals surface area (Å²) >= 11 is 3.27. The van der Waals surface area contributed by atoms with Crippen LogP contribution in [0.3, 0.4) is 0 Å². The van der Waals surface area contributed by atoms with Crippen molar-refractivity contribution >= 4 is 31.8 Å². The topological polar surface area (TPSA) is 82.5 Å². The summed E-state index contributed by atoms with van der Waals surface area (Å²) in [4.78, 5) is 4.29. The Hall–Kier alpha value is -0.700. The van der Waals surface area contributed by atoms with E-state index in [0.29, 0.717) is 23.3 Å². The van der Waals surface area contributed by atoms with Crippen molar-refractivity contribution in [2.45, 2.75) is 36.6 Å². The van der Waals surface area contributed by atoms with Gasteiger partial charge in [0.05, 0.1) is 0 Å². The molecule has 0 saturated heterocycles. The van der Waals surface area contributed by atoms with Gasteiger partial charge in [0.1, 0.15) is 10.7 Å². The fourth-order valence-electron chi connectivity index (χ4n) is 2.33. The standard InChI is InChI=1S/C13H20BrN3O3S/c1-15-13-12(8-10(14)9-16-13)21(19,20)17(6-3-7-18)11-4-2-5-11/h8-9,11,18H,2-7H2,1H3,(H,15,16). The van der Waals surface area contributed by atoms with E-state index in [1.807, 2.05) is 0 Å². The molecule has 1 aromatic rings. The molecule has 0 aliphatic heterocycles. The maximum atomic E-state index is 12.9. The normalized spacial score (nSPS) is 16.0. The lowest BCUT2D eigenvalue weighted by molar-refractivity contribution is 0.198. The fourth-order valence-corrected chi connectivity index (χ4v) is 4.71. The third-order valence-electron chi connectivity index (χ3n) is 3.66. The van der Waals surface area contributed by atoms with Crippen LogP contribution in [0.2, 0.25) is 0 Å². The molecule has 0 spiro atoms. The van der Waals surface area contributed by atoms with Gasteiger partial charge in [-0.2, -0.15) is 4.31 Å². The molecule has 0 atom stereocenters. The van der Waals surface area contributed by atoms with Crippen molar-refractivity contribution in [3.8, 4) is 0 Å². The quantitative estimate of drug-likeness (QED) is 0.756. The van der Waals surface area contributed by atoms with Crippen LogP contribution in [0.25, 0.3) is 0 Å². The Morgan fingerprint density at radius 2 is 2.24 bits per heavy atom. The van der Waals surface area contributed by atoms with E-state index in [4.69, 9.17) is 5.11 Å². The first kappa shape index (κ1) is 16.7. The summed E-state index contributed by atoms with van der Waals surface area (Å²) in [5, 5.41) is 11.8. The van der Waals surface area contributed by atoms with Gasteiger partial charge in [-0.15, -0.1) is 0 Å². The molecule has 1 aromatic heterocycles. The Balaban J connectivity index is 2.39. The lowest BCUT2D eigenvalue weighted by Crippen LogP contribution is -2.45.